The summed E-state index contributed by atoms with van der Waals surface area (Å²) < 4.78 is 5.44. The number of benzene rings is 2. The summed E-state index contributed by atoms with van der Waals surface area (Å²) >= 11 is 0. The standard InChI is InChI=1S/C19H25NO/c1-4-5-6-15-8-10-16(11-9-15)19(20)17-13-14(2)7-12-18(17)21-3/h7-13,19H,4-6,20H2,1-3H3. The van der Waals surface area contributed by atoms with Crippen molar-refractivity contribution in [3.8, 4) is 5.75 Å². The summed E-state index contributed by atoms with van der Waals surface area (Å²) in [6, 6.07) is 14.6. The van der Waals surface area contributed by atoms with Crippen molar-refractivity contribution in [2.75, 3.05) is 7.11 Å². The van der Waals surface area contributed by atoms with Crippen LogP contribution in [-0.4, -0.2) is 7.11 Å². The highest BCUT2D eigenvalue weighted by Crippen LogP contribution is 2.29. The average molecular weight is 283 g/mol. The average Bonchev–Trinajstić information content (AvgIpc) is 2.52. The number of hydrogen-bond donors (Lipinski definition) is 1. The largest absolute Gasteiger partial charge is 0.496 e. The SMILES string of the molecule is CCCCc1ccc(C(N)c2cc(C)ccc2OC)cc1. The number of rotatable bonds is 6. The van der Waals surface area contributed by atoms with Crippen LogP contribution in [0.1, 0.15) is 48.1 Å². The molecule has 0 amide bonds. The second-order valence-electron chi connectivity index (χ2n) is 5.57. The van der Waals surface area contributed by atoms with Crippen LogP contribution in [0.4, 0.5) is 0 Å². The fourth-order valence-electron chi connectivity index (χ4n) is 2.55. The van der Waals surface area contributed by atoms with Gasteiger partial charge < -0.3 is 10.5 Å². The monoisotopic (exact) mass is 283 g/mol. The Hall–Kier alpha value is -1.80. The molecule has 1 unspecified atom stereocenters. The maximum absolute atomic E-state index is 6.43. The molecule has 0 aliphatic rings. The maximum Gasteiger partial charge on any atom is 0.123 e. The Morgan fingerprint density at radius 1 is 1.10 bits per heavy atom. The summed E-state index contributed by atoms with van der Waals surface area (Å²) in [7, 11) is 1.69. The van der Waals surface area contributed by atoms with E-state index in [4.69, 9.17) is 10.5 Å². The third-order valence-electron chi connectivity index (χ3n) is 3.88. The third-order valence-corrected chi connectivity index (χ3v) is 3.88. The highest BCUT2D eigenvalue weighted by atomic mass is 16.5. The fourth-order valence-corrected chi connectivity index (χ4v) is 2.55. The molecule has 0 saturated carbocycles. The molecular weight excluding hydrogens is 258 g/mol. The molecule has 0 aliphatic carbocycles. The number of nitrogens with two attached hydrogens (primary N) is 1. The molecule has 0 radical (unpaired) electrons. The fraction of sp³-hybridized carbons (Fsp3) is 0.368. The minimum absolute atomic E-state index is 0.153. The zero-order valence-electron chi connectivity index (χ0n) is 13.2. The van der Waals surface area contributed by atoms with Crippen molar-refractivity contribution in [2.45, 2.75) is 39.2 Å². The smallest absolute Gasteiger partial charge is 0.123 e. The first-order chi connectivity index (χ1) is 10.2. The quantitative estimate of drug-likeness (QED) is 0.853. The van der Waals surface area contributed by atoms with E-state index in [1.165, 1.54) is 24.0 Å². The minimum atomic E-state index is -0.153. The molecule has 2 nitrogen and oxygen atoms in total. The highest BCUT2D eigenvalue weighted by Gasteiger charge is 2.14. The van der Waals surface area contributed by atoms with Gasteiger partial charge in [-0.2, -0.15) is 0 Å². The van der Waals surface area contributed by atoms with E-state index in [2.05, 4.69) is 44.2 Å². The molecule has 1 atom stereocenters. The van der Waals surface area contributed by atoms with Gasteiger partial charge in [-0.1, -0.05) is 55.3 Å². The van der Waals surface area contributed by atoms with Gasteiger partial charge in [-0.3, -0.25) is 0 Å². The van der Waals surface area contributed by atoms with E-state index in [0.717, 1.165) is 23.3 Å². The van der Waals surface area contributed by atoms with Crippen LogP contribution in [-0.2, 0) is 6.42 Å². The van der Waals surface area contributed by atoms with Gasteiger partial charge in [0.25, 0.3) is 0 Å². The van der Waals surface area contributed by atoms with Crippen LogP contribution < -0.4 is 10.5 Å². The van der Waals surface area contributed by atoms with Crippen LogP contribution in [0, 0.1) is 6.92 Å². The second kappa shape index (κ2) is 7.28. The van der Waals surface area contributed by atoms with Crippen molar-refractivity contribution in [1.82, 2.24) is 0 Å². The van der Waals surface area contributed by atoms with Crippen molar-refractivity contribution in [2.24, 2.45) is 5.73 Å². The molecule has 2 heteroatoms. The lowest BCUT2D eigenvalue weighted by Gasteiger charge is -2.17. The lowest BCUT2D eigenvalue weighted by atomic mass is 9.95. The topological polar surface area (TPSA) is 35.2 Å². The Labute approximate surface area is 127 Å². The minimum Gasteiger partial charge on any atom is -0.496 e. The van der Waals surface area contributed by atoms with Gasteiger partial charge in [-0.25, -0.2) is 0 Å². The molecule has 21 heavy (non-hydrogen) atoms. The molecule has 0 aliphatic heterocycles. The van der Waals surface area contributed by atoms with Crippen LogP contribution in [0.15, 0.2) is 42.5 Å². The van der Waals surface area contributed by atoms with Crippen molar-refractivity contribution < 1.29 is 4.74 Å². The summed E-state index contributed by atoms with van der Waals surface area (Å²) in [5.74, 6) is 0.850. The zero-order chi connectivity index (χ0) is 15.2. The number of aryl methyl sites for hydroxylation is 2. The molecule has 2 rings (SSSR count). The molecule has 0 aromatic heterocycles. The summed E-state index contributed by atoms with van der Waals surface area (Å²) in [4.78, 5) is 0. The van der Waals surface area contributed by atoms with Gasteiger partial charge in [-0.05, 0) is 37.0 Å². The van der Waals surface area contributed by atoms with Gasteiger partial charge in [0.15, 0.2) is 0 Å². The van der Waals surface area contributed by atoms with Gasteiger partial charge in [0, 0.05) is 5.56 Å². The zero-order valence-corrected chi connectivity index (χ0v) is 13.2. The lowest BCUT2D eigenvalue weighted by Crippen LogP contribution is -2.13. The molecule has 0 spiro atoms. The van der Waals surface area contributed by atoms with Crippen LogP contribution in [0.3, 0.4) is 0 Å². The van der Waals surface area contributed by atoms with Gasteiger partial charge in [0.1, 0.15) is 5.75 Å². The van der Waals surface area contributed by atoms with E-state index < -0.39 is 0 Å². The first-order valence-electron chi connectivity index (χ1n) is 7.64. The van der Waals surface area contributed by atoms with Crippen molar-refractivity contribution in [1.29, 1.82) is 0 Å². The van der Waals surface area contributed by atoms with E-state index in [9.17, 15) is 0 Å². The summed E-state index contributed by atoms with van der Waals surface area (Å²) in [5.41, 5.74) is 11.2. The lowest BCUT2D eigenvalue weighted by molar-refractivity contribution is 0.407. The number of ether oxygens (including phenoxy) is 1. The molecule has 0 fully saturated rings. The van der Waals surface area contributed by atoms with E-state index >= 15 is 0 Å². The summed E-state index contributed by atoms with van der Waals surface area (Å²) in [5, 5.41) is 0. The van der Waals surface area contributed by atoms with E-state index in [1.54, 1.807) is 7.11 Å². The Kier molecular flexibility index (Phi) is 5.40. The van der Waals surface area contributed by atoms with Gasteiger partial charge in [0.05, 0.1) is 13.2 Å². The van der Waals surface area contributed by atoms with E-state index in [1.807, 2.05) is 12.1 Å². The van der Waals surface area contributed by atoms with E-state index in [0.29, 0.717) is 0 Å². The van der Waals surface area contributed by atoms with Crippen LogP contribution >= 0.6 is 0 Å². The second-order valence-corrected chi connectivity index (χ2v) is 5.57. The van der Waals surface area contributed by atoms with E-state index in [-0.39, 0.29) is 6.04 Å². The first-order valence-corrected chi connectivity index (χ1v) is 7.64. The Balaban J connectivity index is 2.23. The van der Waals surface area contributed by atoms with Crippen molar-refractivity contribution in [3.05, 3.63) is 64.7 Å². The number of unbranched alkanes of at least 4 members (excludes halogenated alkanes) is 1. The molecule has 2 N–H and O–H groups in total. The predicted molar refractivity (Wildman–Crippen MR) is 88.8 cm³/mol. The Bertz CT molecular complexity index is 575. The Morgan fingerprint density at radius 3 is 2.43 bits per heavy atom. The normalized spacial score (nSPS) is 12.2. The summed E-state index contributed by atoms with van der Waals surface area (Å²) in [6.07, 6.45) is 3.60. The van der Waals surface area contributed by atoms with Crippen molar-refractivity contribution >= 4 is 0 Å². The van der Waals surface area contributed by atoms with Gasteiger partial charge in [0.2, 0.25) is 0 Å². The Morgan fingerprint density at radius 2 is 1.81 bits per heavy atom. The van der Waals surface area contributed by atoms with Crippen molar-refractivity contribution in [3.63, 3.8) is 0 Å². The molecule has 112 valence electrons. The highest BCUT2D eigenvalue weighted by molar-refractivity contribution is 5.43. The molecular formula is C19H25NO. The maximum atomic E-state index is 6.43. The number of methoxy groups -OCH3 is 1. The molecule has 0 saturated heterocycles. The van der Waals surface area contributed by atoms with Crippen LogP contribution in [0.25, 0.3) is 0 Å². The van der Waals surface area contributed by atoms with Gasteiger partial charge >= 0.3 is 0 Å². The molecule has 2 aromatic carbocycles. The molecule has 0 heterocycles. The summed E-state index contributed by atoms with van der Waals surface area (Å²) in [6.45, 7) is 4.29. The molecule has 0 bridgehead atoms. The third kappa shape index (κ3) is 3.85. The first kappa shape index (κ1) is 15.6. The molecule has 2 aromatic rings. The van der Waals surface area contributed by atoms with Crippen LogP contribution in [0.2, 0.25) is 0 Å². The van der Waals surface area contributed by atoms with Crippen LogP contribution in [0.5, 0.6) is 5.75 Å². The number of hydrogen-bond acceptors (Lipinski definition) is 2. The van der Waals surface area contributed by atoms with Gasteiger partial charge in [-0.15, -0.1) is 0 Å². The predicted octanol–water partition coefficient (Wildman–Crippen LogP) is 4.39.